The van der Waals surface area contributed by atoms with Crippen molar-refractivity contribution in [1.29, 1.82) is 0 Å². The highest BCUT2D eigenvalue weighted by Gasteiger charge is 2.30. The quantitative estimate of drug-likeness (QED) is 0.840. The molecule has 1 fully saturated rings. The number of carbonyl (C=O) groups excluding carboxylic acids is 1. The van der Waals surface area contributed by atoms with Crippen LogP contribution >= 0.6 is 0 Å². The highest BCUT2D eigenvalue weighted by atomic mass is 16.5. The average Bonchev–Trinajstić information content (AvgIpc) is 2.35. The van der Waals surface area contributed by atoms with Crippen molar-refractivity contribution in [2.45, 2.75) is 51.8 Å². The maximum absolute atomic E-state index is 11.1. The molecule has 0 saturated heterocycles. The molecule has 0 aromatic heterocycles. The van der Waals surface area contributed by atoms with E-state index in [0.29, 0.717) is 12.1 Å². The molecule has 1 amide bonds. The van der Waals surface area contributed by atoms with E-state index in [4.69, 9.17) is 4.74 Å². The minimum Gasteiger partial charge on any atom is -0.378 e. The summed E-state index contributed by atoms with van der Waals surface area (Å²) in [5.74, 6) is -0.0405. The van der Waals surface area contributed by atoms with Gasteiger partial charge in [0.15, 0.2) is 0 Å². The highest BCUT2D eigenvalue weighted by Crippen LogP contribution is 2.26. The molecular formula is C16H24N2O2. The maximum atomic E-state index is 11.1. The van der Waals surface area contributed by atoms with E-state index in [1.54, 1.807) is 0 Å². The second-order valence-electron chi connectivity index (χ2n) is 5.44. The molecular weight excluding hydrogens is 252 g/mol. The molecule has 1 atom stereocenters. The molecule has 1 unspecified atom stereocenters. The van der Waals surface area contributed by atoms with Crippen LogP contribution < -0.4 is 10.6 Å². The van der Waals surface area contributed by atoms with Crippen molar-refractivity contribution in [2.24, 2.45) is 0 Å². The lowest BCUT2D eigenvalue weighted by molar-refractivity contribution is -0.114. The lowest BCUT2D eigenvalue weighted by Gasteiger charge is -2.37. The monoisotopic (exact) mass is 276 g/mol. The zero-order valence-corrected chi connectivity index (χ0v) is 12.5. The van der Waals surface area contributed by atoms with Gasteiger partial charge in [-0.25, -0.2) is 0 Å². The van der Waals surface area contributed by atoms with Gasteiger partial charge in [-0.2, -0.15) is 0 Å². The first-order valence-corrected chi connectivity index (χ1v) is 7.33. The maximum Gasteiger partial charge on any atom is 0.221 e. The molecule has 2 rings (SSSR count). The SMILES string of the molecule is CCOC1CC(NC(C)c2cccc(NC(C)=O)c2)C1. The molecule has 2 N–H and O–H groups in total. The molecule has 1 aromatic carbocycles. The van der Waals surface area contributed by atoms with Gasteiger partial charge in [0.25, 0.3) is 0 Å². The second-order valence-corrected chi connectivity index (χ2v) is 5.44. The topological polar surface area (TPSA) is 50.4 Å². The van der Waals surface area contributed by atoms with Crippen LogP contribution in [-0.4, -0.2) is 24.7 Å². The molecule has 1 aliphatic carbocycles. The first kappa shape index (κ1) is 15.0. The predicted molar refractivity (Wildman–Crippen MR) is 80.7 cm³/mol. The summed E-state index contributed by atoms with van der Waals surface area (Å²) >= 11 is 0. The number of hydrogen-bond acceptors (Lipinski definition) is 3. The molecule has 4 heteroatoms. The van der Waals surface area contributed by atoms with E-state index in [9.17, 15) is 4.79 Å². The Morgan fingerprint density at radius 3 is 2.85 bits per heavy atom. The molecule has 0 bridgehead atoms. The molecule has 1 saturated carbocycles. The van der Waals surface area contributed by atoms with Crippen LogP contribution in [0.2, 0.25) is 0 Å². The Labute approximate surface area is 120 Å². The van der Waals surface area contributed by atoms with E-state index < -0.39 is 0 Å². The fourth-order valence-corrected chi connectivity index (χ4v) is 2.61. The van der Waals surface area contributed by atoms with Crippen molar-refractivity contribution >= 4 is 11.6 Å². The third-order valence-corrected chi connectivity index (χ3v) is 3.69. The molecule has 20 heavy (non-hydrogen) atoms. The first-order valence-electron chi connectivity index (χ1n) is 7.33. The van der Waals surface area contributed by atoms with E-state index in [0.717, 1.165) is 25.1 Å². The smallest absolute Gasteiger partial charge is 0.221 e. The minimum absolute atomic E-state index is 0.0405. The lowest BCUT2D eigenvalue weighted by Crippen LogP contribution is -2.46. The summed E-state index contributed by atoms with van der Waals surface area (Å²) in [6, 6.07) is 8.80. The van der Waals surface area contributed by atoms with Crippen molar-refractivity contribution in [1.82, 2.24) is 5.32 Å². The summed E-state index contributed by atoms with van der Waals surface area (Å²) in [5, 5.41) is 6.43. The van der Waals surface area contributed by atoms with Crippen molar-refractivity contribution in [2.75, 3.05) is 11.9 Å². The van der Waals surface area contributed by atoms with E-state index in [1.165, 1.54) is 12.5 Å². The Balaban J connectivity index is 1.86. The Kier molecular flexibility index (Phi) is 5.15. The fraction of sp³-hybridized carbons (Fsp3) is 0.562. The average molecular weight is 276 g/mol. The summed E-state index contributed by atoms with van der Waals surface area (Å²) in [6.07, 6.45) is 2.60. The van der Waals surface area contributed by atoms with Crippen LogP contribution in [0.5, 0.6) is 0 Å². The van der Waals surface area contributed by atoms with Gasteiger partial charge in [0.2, 0.25) is 5.91 Å². The molecule has 0 radical (unpaired) electrons. The summed E-state index contributed by atoms with van der Waals surface area (Å²) < 4.78 is 5.57. The van der Waals surface area contributed by atoms with Crippen LogP contribution in [0.4, 0.5) is 5.69 Å². The number of ether oxygens (including phenoxy) is 1. The summed E-state index contributed by atoms with van der Waals surface area (Å²) in [5.41, 5.74) is 2.04. The van der Waals surface area contributed by atoms with E-state index >= 15 is 0 Å². The summed E-state index contributed by atoms with van der Waals surface area (Å²) in [6.45, 7) is 6.51. The number of rotatable bonds is 6. The van der Waals surface area contributed by atoms with Crippen LogP contribution in [0.15, 0.2) is 24.3 Å². The van der Waals surface area contributed by atoms with Crippen LogP contribution in [0.3, 0.4) is 0 Å². The van der Waals surface area contributed by atoms with Gasteiger partial charge in [-0.3, -0.25) is 4.79 Å². The van der Waals surface area contributed by atoms with Gasteiger partial charge in [0, 0.05) is 31.3 Å². The molecule has 1 aliphatic rings. The van der Waals surface area contributed by atoms with Gasteiger partial charge in [0.05, 0.1) is 6.10 Å². The number of hydrogen-bond donors (Lipinski definition) is 2. The number of nitrogens with one attached hydrogen (secondary N) is 2. The zero-order chi connectivity index (χ0) is 14.5. The van der Waals surface area contributed by atoms with Crippen LogP contribution in [0.25, 0.3) is 0 Å². The standard InChI is InChI=1S/C16H24N2O2/c1-4-20-16-9-15(10-16)17-11(2)13-6-5-7-14(8-13)18-12(3)19/h5-8,11,15-17H,4,9-10H2,1-3H3,(H,18,19). The number of benzene rings is 1. The third kappa shape index (κ3) is 4.05. The molecule has 0 heterocycles. The van der Waals surface area contributed by atoms with E-state index in [2.05, 4.69) is 23.6 Å². The van der Waals surface area contributed by atoms with Crippen molar-refractivity contribution in [3.05, 3.63) is 29.8 Å². The normalized spacial score (nSPS) is 22.9. The lowest BCUT2D eigenvalue weighted by atomic mass is 9.88. The Morgan fingerprint density at radius 2 is 2.20 bits per heavy atom. The van der Waals surface area contributed by atoms with Crippen molar-refractivity contribution in [3.8, 4) is 0 Å². The van der Waals surface area contributed by atoms with Gasteiger partial charge in [-0.05, 0) is 44.4 Å². The fourth-order valence-electron chi connectivity index (χ4n) is 2.61. The summed E-state index contributed by atoms with van der Waals surface area (Å²) in [4.78, 5) is 11.1. The Bertz CT molecular complexity index is 456. The van der Waals surface area contributed by atoms with Crippen LogP contribution in [0, 0.1) is 0 Å². The third-order valence-electron chi connectivity index (χ3n) is 3.69. The molecule has 110 valence electrons. The predicted octanol–water partition coefficient (Wildman–Crippen LogP) is 2.86. The Hall–Kier alpha value is -1.39. The molecule has 1 aromatic rings. The largest absolute Gasteiger partial charge is 0.378 e. The van der Waals surface area contributed by atoms with Gasteiger partial charge < -0.3 is 15.4 Å². The Morgan fingerprint density at radius 1 is 1.45 bits per heavy atom. The van der Waals surface area contributed by atoms with E-state index in [-0.39, 0.29) is 11.9 Å². The van der Waals surface area contributed by atoms with Gasteiger partial charge >= 0.3 is 0 Å². The molecule has 0 spiro atoms. The number of carbonyl (C=O) groups is 1. The van der Waals surface area contributed by atoms with Crippen molar-refractivity contribution in [3.63, 3.8) is 0 Å². The van der Waals surface area contributed by atoms with Gasteiger partial charge in [0.1, 0.15) is 0 Å². The number of anilines is 1. The molecule has 4 nitrogen and oxygen atoms in total. The minimum atomic E-state index is -0.0405. The highest BCUT2D eigenvalue weighted by molar-refractivity contribution is 5.88. The summed E-state index contributed by atoms with van der Waals surface area (Å²) in [7, 11) is 0. The number of amides is 1. The van der Waals surface area contributed by atoms with Gasteiger partial charge in [-0.1, -0.05) is 12.1 Å². The second kappa shape index (κ2) is 6.86. The first-order chi connectivity index (χ1) is 9.58. The molecule has 0 aliphatic heterocycles. The zero-order valence-electron chi connectivity index (χ0n) is 12.5. The van der Waals surface area contributed by atoms with Gasteiger partial charge in [-0.15, -0.1) is 0 Å². The van der Waals surface area contributed by atoms with Crippen LogP contribution in [0.1, 0.15) is 45.2 Å². The van der Waals surface area contributed by atoms with Crippen molar-refractivity contribution < 1.29 is 9.53 Å². The van der Waals surface area contributed by atoms with Crippen LogP contribution in [-0.2, 0) is 9.53 Å². The van der Waals surface area contributed by atoms with E-state index in [1.807, 2.05) is 25.1 Å².